The first-order valence-electron chi connectivity index (χ1n) is 9.64. The molecule has 1 aromatic heterocycles. The summed E-state index contributed by atoms with van der Waals surface area (Å²) in [6.07, 6.45) is 3.07. The summed E-state index contributed by atoms with van der Waals surface area (Å²) >= 11 is 0. The molecule has 154 valence electrons. The number of pyridine rings is 1. The lowest BCUT2D eigenvalue weighted by molar-refractivity contribution is 0.0529. The van der Waals surface area contributed by atoms with Gasteiger partial charge in [0.2, 0.25) is 0 Å². The normalized spacial score (nSPS) is 17.4. The quantitative estimate of drug-likeness (QED) is 0.239. The third-order valence-corrected chi connectivity index (χ3v) is 4.10. The van der Waals surface area contributed by atoms with E-state index in [-0.39, 0.29) is 30.1 Å². The Morgan fingerprint density at radius 1 is 1.41 bits per heavy atom. The molecule has 1 aromatic rings. The fraction of sp³-hybridized carbons (Fsp3) is 0.684. The van der Waals surface area contributed by atoms with E-state index < -0.39 is 0 Å². The van der Waals surface area contributed by atoms with Gasteiger partial charge in [0, 0.05) is 45.6 Å². The number of rotatable bonds is 9. The third kappa shape index (κ3) is 9.07. The molecule has 1 saturated heterocycles. The maximum absolute atomic E-state index is 5.61. The van der Waals surface area contributed by atoms with Gasteiger partial charge in [0.25, 0.3) is 0 Å². The van der Waals surface area contributed by atoms with E-state index in [2.05, 4.69) is 45.4 Å². The molecule has 1 aliphatic rings. The molecule has 0 spiro atoms. The van der Waals surface area contributed by atoms with Crippen LogP contribution in [-0.4, -0.2) is 63.0 Å². The number of nitrogens with zero attached hydrogens (tertiary/aromatic N) is 3. The number of hydrogen-bond acceptors (Lipinski definition) is 5. The molecule has 8 heteroatoms. The second-order valence-electron chi connectivity index (χ2n) is 6.32. The molecule has 0 amide bonds. The Labute approximate surface area is 180 Å². The van der Waals surface area contributed by atoms with Crippen molar-refractivity contribution in [2.75, 3.05) is 50.9 Å². The molecule has 0 aliphatic carbocycles. The Bertz CT molecular complexity index is 559. The summed E-state index contributed by atoms with van der Waals surface area (Å²) in [5.74, 6) is 1.84. The van der Waals surface area contributed by atoms with E-state index >= 15 is 0 Å². The smallest absolute Gasteiger partial charge is 0.191 e. The van der Waals surface area contributed by atoms with Gasteiger partial charge in [-0.2, -0.15) is 0 Å². The van der Waals surface area contributed by atoms with E-state index in [1.165, 1.54) is 0 Å². The van der Waals surface area contributed by atoms with Crippen LogP contribution < -0.4 is 15.5 Å². The molecule has 2 rings (SSSR count). The summed E-state index contributed by atoms with van der Waals surface area (Å²) in [6, 6.07) is 4.15. The van der Waals surface area contributed by atoms with Gasteiger partial charge in [0.05, 0.1) is 19.3 Å². The van der Waals surface area contributed by atoms with Crippen LogP contribution in [0.1, 0.15) is 32.8 Å². The van der Waals surface area contributed by atoms with Gasteiger partial charge in [-0.05, 0) is 44.9 Å². The predicted octanol–water partition coefficient (Wildman–Crippen LogP) is 2.41. The molecule has 0 aromatic carbocycles. The number of anilines is 1. The molecule has 0 bridgehead atoms. The Balaban J connectivity index is 0.00000364. The highest BCUT2D eigenvalue weighted by molar-refractivity contribution is 14.0. The standard InChI is InChI=1S/C19H33N5O2.HI/c1-4-20-19(22-8-6-11-25-5-2)23-14-17-7-9-21-18(13-17)24-10-12-26-16(3)15-24;/h7,9,13,16H,4-6,8,10-12,14-15H2,1-3H3,(H2,20,22,23);1H. The maximum Gasteiger partial charge on any atom is 0.191 e. The van der Waals surface area contributed by atoms with Gasteiger partial charge in [0.1, 0.15) is 5.82 Å². The Kier molecular flexibility index (Phi) is 12.4. The van der Waals surface area contributed by atoms with Crippen molar-refractivity contribution >= 4 is 35.8 Å². The molecule has 0 radical (unpaired) electrons. The van der Waals surface area contributed by atoms with Crippen LogP contribution in [0.4, 0.5) is 5.82 Å². The minimum absolute atomic E-state index is 0. The highest BCUT2D eigenvalue weighted by atomic mass is 127. The van der Waals surface area contributed by atoms with E-state index in [1.54, 1.807) is 0 Å². The summed E-state index contributed by atoms with van der Waals surface area (Å²) in [4.78, 5) is 11.5. The molecule has 1 atom stereocenters. The van der Waals surface area contributed by atoms with Crippen molar-refractivity contribution in [3.8, 4) is 0 Å². The number of halogens is 1. The summed E-state index contributed by atoms with van der Waals surface area (Å²) < 4.78 is 11.0. The Morgan fingerprint density at radius 3 is 3.00 bits per heavy atom. The predicted molar refractivity (Wildman–Crippen MR) is 121 cm³/mol. The summed E-state index contributed by atoms with van der Waals surface area (Å²) in [5.41, 5.74) is 1.15. The second-order valence-corrected chi connectivity index (χ2v) is 6.32. The molecule has 0 saturated carbocycles. The van der Waals surface area contributed by atoms with Crippen LogP contribution in [0.5, 0.6) is 0 Å². The first-order chi connectivity index (χ1) is 12.7. The number of hydrogen-bond donors (Lipinski definition) is 2. The molecule has 7 nitrogen and oxygen atoms in total. The van der Waals surface area contributed by atoms with Crippen molar-refractivity contribution in [2.45, 2.75) is 39.8 Å². The van der Waals surface area contributed by atoms with Crippen LogP contribution in [0, 0.1) is 0 Å². The lowest BCUT2D eigenvalue weighted by atomic mass is 10.2. The molecule has 1 fully saturated rings. The van der Waals surface area contributed by atoms with Crippen LogP contribution in [0.25, 0.3) is 0 Å². The van der Waals surface area contributed by atoms with Crippen LogP contribution in [-0.2, 0) is 16.0 Å². The third-order valence-electron chi connectivity index (χ3n) is 4.10. The highest BCUT2D eigenvalue weighted by Gasteiger charge is 2.17. The molecule has 27 heavy (non-hydrogen) atoms. The zero-order valence-corrected chi connectivity index (χ0v) is 19.1. The van der Waals surface area contributed by atoms with Crippen molar-refractivity contribution in [2.24, 2.45) is 4.99 Å². The first-order valence-corrected chi connectivity index (χ1v) is 9.64. The molecule has 1 aliphatic heterocycles. The first kappa shape index (κ1) is 23.9. The molecule has 1 unspecified atom stereocenters. The van der Waals surface area contributed by atoms with Crippen molar-refractivity contribution in [3.63, 3.8) is 0 Å². The van der Waals surface area contributed by atoms with Crippen LogP contribution >= 0.6 is 24.0 Å². The maximum atomic E-state index is 5.61. The van der Waals surface area contributed by atoms with Gasteiger partial charge in [-0.1, -0.05) is 0 Å². The average molecular weight is 491 g/mol. The van der Waals surface area contributed by atoms with Gasteiger partial charge < -0.3 is 25.0 Å². The van der Waals surface area contributed by atoms with E-state index in [1.807, 2.05) is 19.2 Å². The van der Waals surface area contributed by atoms with Crippen LogP contribution in [0.3, 0.4) is 0 Å². The molecule has 2 N–H and O–H groups in total. The fourth-order valence-electron chi connectivity index (χ4n) is 2.80. The van der Waals surface area contributed by atoms with Crippen LogP contribution in [0.2, 0.25) is 0 Å². The summed E-state index contributed by atoms with van der Waals surface area (Å²) in [7, 11) is 0. The average Bonchev–Trinajstić information content (AvgIpc) is 2.66. The van der Waals surface area contributed by atoms with E-state index in [9.17, 15) is 0 Å². The zero-order valence-electron chi connectivity index (χ0n) is 16.7. The second kappa shape index (κ2) is 14.0. The topological polar surface area (TPSA) is 71.0 Å². The minimum Gasteiger partial charge on any atom is -0.382 e. The zero-order chi connectivity index (χ0) is 18.6. The summed E-state index contributed by atoms with van der Waals surface area (Å²) in [5, 5.41) is 6.63. The molecular weight excluding hydrogens is 457 g/mol. The SMILES string of the molecule is CCNC(=NCc1ccnc(N2CCOC(C)C2)c1)NCCCOCC.I. The molecule has 2 heterocycles. The van der Waals surface area contributed by atoms with Crippen molar-refractivity contribution in [1.82, 2.24) is 15.6 Å². The number of aliphatic imine (C=N–C) groups is 1. The van der Waals surface area contributed by atoms with Gasteiger partial charge in [-0.15, -0.1) is 24.0 Å². The monoisotopic (exact) mass is 491 g/mol. The Hall–Kier alpha value is -1.13. The molecular formula is C19H34IN5O2. The van der Waals surface area contributed by atoms with Gasteiger partial charge in [-0.25, -0.2) is 9.98 Å². The summed E-state index contributed by atoms with van der Waals surface area (Å²) in [6.45, 7) is 12.5. The van der Waals surface area contributed by atoms with E-state index in [4.69, 9.17) is 9.47 Å². The fourth-order valence-corrected chi connectivity index (χ4v) is 2.80. The van der Waals surface area contributed by atoms with Gasteiger partial charge in [0.15, 0.2) is 5.96 Å². The van der Waals surface area contributed by atoms with Crippen molar-refractivity contribution < 1.29 is 9.47 Å². The Morgan fingerprint density at radius 2 is 2.26 bits per heavy atom. The minimum atomic E-state index is 0. The van der Waals surface area contributed by atoms with Crippen molar-refractivity contribution in [1.29, 1.82) is 0 Å². The van der Waals surface area contributed by atoms with Gasteiger partial charge in [-0.3, -0.25) is 0 Å². The number of aromatic nitrogens is 1. The lowest BCUT2D eigenvalue weighted by Crippen LogP contribution is -2.41. The number of morpholine rings is 1. The highest BCUT2D eigenvalue weighted by Crippen LogP contribution is 2.16. The lowest BCUT2D eigenvalue weighted by Gasteiger charge is -2.32. The number of nitrogens with one attached hydrogen (secondary N) is 2. The van der Waals surface area contributed by atoms with Crippen molar-refractivity contribution in [3.05, 3.63) is 23.9 Å². The van der Waals surface area contributed by atoms with Crippen LogP contribution in [0.15, 0.2) is 23.3 Å². The largest absolute Gasteiger partial charge is 0.382 e. The van der Waals surface area contributed by atoms with E-state index in [0.717, 1.165) is 69.8 Å². The van der Waals surface area contributed by atoms with Gasteiger partial charge >= 0.3 is 0 Å². The number of ether oxygens (including phenoxy) is 2. The van der Waals surface area contributed by atoms with E-state index in [0.29, 0.717) is 6.54 Å². The number of guanidine groups is 1.